The molecule has 2 N–H and O–H groups in total. The molecule has 6 nitrogen and oxygen atoms in total. The third kappa shape index (κ3) is 5.02. The molecule has 1 saturated carbocycles. The maximum absolute atomic E-state index is 12.4. The first-order valence-electron chi connectivity index (χ1n) is 9.43. The average Bonchev–Trinajstić information content (AvgIpc) is 3.02. The van der Waals surface area contributed by atoms with Gasteiger partial charge in [-0.25, -0.2) is 9.67 Å². The Bertz CT molecular complexity index is 776. The molecule has 1 aliphatic rings. The lowest BCUT2D eigenvalue weighted by atomic mass is 9.83. The fourth-order valence-electron chi connectivity index (χ4n) is 3.52. The second-order valence-electron chi connectivity index (χ2n) is 7.05. The summed E-state index contributed by atoms with van der Waals surface area (Å²) in [6, 6.07) is 5.62. The van der Waals surface area contributed by atoms with Crippen molar-refractivity contribution in [1.29, 1.82) is 0 Å². The molecule has 0 saturated heterocycles. The molecule has 0 bridgehead atoms. The van der Waals surface area contributed by atoms with Gasteiger partial charge in [0.1, 0.15) is 17.4 Å². The number of hydrogen-bond donors (Lipinski definition) is 1. The molecule has 0 unspecified atom stereocenters. The lowest BCUT2D eigenvalue weighted by molar-refractivity contribution is -0.274. The molecule has 1 heterocycles. The highest BCUT2D eigenvalue weighted by molar-refractivity contribution is 5.38. The van der Waals surface area contributed by atoms with Gasteiger partial charge in [-0.3, -0.25) is 0 Å². The van der Waals surface area contributed by atoms with Gasteiger partial charge in [0.25, 0.3) is 0 Å². The van der Waals surface area contributed by atoms with Crippen LogP contribution < -0.4 is 10.5 Å². The highest BCUT2D eigenvalue weighted by Crippen LogP contribution is 2.34. The minimum atomic E-state index is -4.72. The summed E-state index contributed by atoms with van der Waals surface area (Å²) in [4.78, 5) is 4.58. The molecule has 1 aliphatic carbocycles. The topological polar surface area (TPSA) is 75.2 Å². The third-order valence-corrected chi connectivity index (χ3v) is 4.80. The second-order valence-corrected chi connectivity index (χ2v) is 7.05. The Balaban J connectivity index is 1.81. The number of nitrogens with two attached hydrogens (primary N) is 1. The minimum Gasteiger partial charge on any atom is -0.406 e. The number of aryl methyl sites for hydroxylation is 1. The van der Waals surface area contributed by atoms with Crippen molar-refractivity contribution in [3.05, 3.63) is 35.9 Å². The van der Waals surface area contributed by atoms with Crippen LogP contribution in [0.4, 0.5) is 13.2 Å². The molecule has 0 amide bonds. The normalized spacial score (nSPS) is 23.0. The zero-order valence-corrected chi connectivity index (χ0v) is 15.9. The number of halogens is 3. The largest absolute Gasteiger partial charge is 0.573 e. The van der Waals surface area contributed by atoms with Crippen molar-refractivity contribution in [2.24, 2.45) is 5.73 Å². The van der Waals surface area contributed by atoms with Crippen LogP contribution in [0.15, 0.2) is 24.3 Å². The van der Waals surface area contributed by atoms with E-state index in [4.69, 9.17) is 10.5 Å². The zero-order valence-electron chi connectivity index (χ0n) is 15.9. The number of aromatic nitrogens is 3. The van der Waals surface area contributed by atoms with Crippen molar-refractivity contribution in [2.45, 2.75) is 64.0 Å². The second kappa shape index (κ2) is 8.48. The monoisotopic (exact) mass is 398 g/mol. The van der Waals surface area contributed by atoms with Crippen LogP contribution >= 0.6 is 0 Å². The van der Waals surface area contributed by atoms with E-state index in [-0.39, 0.29) is 23.8 Å². The van der Waals surface area contributed by atoms with Crippen molar-refractivity contribution in [3.63, 3.8) is 0 Å². The van der Waals surface area contributed by atoms with Gasteiger partial charge in [-0.1, -0.05) is 6.92 Å². The van der Waals surface area contributed by atoms with Gasteiger partial charge in [0.05, 0.1) is 11.8 Å². The number of ether oxygens (including phenoxy) is 2. The Kier molecular flexibility index (Phi) is 6.24. The van der Waals surface area contributed by atoms with Gasteiger partial charge in [-0.15, -0.1) is 13.2 Å². The Labute approximate surface area is 161 Å². The Morgan fingerprint density at radius 2 is 1.93 bits per heavy atom. The Hall–Kier alpha value is -2.13. The van der Waals surface area contributed by atoms with E-state index in [0.29, 0.717) is 18.1 Å². The summed E-state index contributed by atoms with van der Waals surface area (Å²) in [7, 11) is 0. The predicted octanol–water partition coefficient (Wildman–Crippen LogP) is 3.86. The van der Waals surface area contributed by atoms with Crippen LogP contribution in [0.1, 0.15) is 50.2 Å². The van der Waals surface area contributed by atoms with E-state index in [1.807, 2.05) is 0 Å². The summed E-state index contributed by atoms with van der Waals surface area (Å²) in [6.45, 7) is 4.51. The molecule has 3 rings (SSSR count). The lowest BCUT2D eigenvalue weighted by Crippen LogP contribution is -2.42. The smallest absolute Gasteiger partial charge is 0.406 e. The van der Waals surface area contributed by atoms with Gasteiger partial charge in [-0.05, 0) is 56.9 Å². The van der Waals surface area contributed by atoms with Crippen LogP contribution in [0, 0.1) is 6.92 Å². The predicted molar refractivity (Wildman–Crippen MR) is 97.4 cm³/mol. The minimum absolute atomic E-state index is 0.000862. The van der Waals surface area contributed by atoms with Gasteiger partial charge in [-0.2, -0.15) is 5.10 Å². The fourth-order valence-corrected chi connectivity index (χ4v) is 3.52. The first-order chi connectivity index (χ1) is 13.3. The van der Waals surface area contributed by atoms with E-state index in [1.54, 1.807) is 23.7 Å². The molecule has 28 heavy (non-hydrogen) atoms. The molecule has 9 heteroatoms. The summed E-state index contributed by atoms with van der Waals surface area (Å²) in [5.41, 5.74) is 6.84. The van der Waals surface area contributed by atoms with Gasteiger partial charge < -0.3 is 15.2 Å². The summed E-state index contributed by atoms with van der Waals surface area (Å²) >= 11 is 0. The molecular formula is C19H25F3N4O2. The number of rotatable bonds is 6. The molecule has 3 atom stereocenters. The summed E-state index contributed by atoms with van der Waals surface area (Å²) in [5, 5.41) is 4.44. The SMILES string of the molecule is CCCO[C@@H]1C[C@@H](c2nc(C)nn2-c2ccc(OC(F)(F)F)cc2)CC[C@H]1N. The first kappa shape index (κ1) is 20.6. The average molecular weight is 398 g/mol. The molecule has 0 spiro atoms. The molecule has 2 aromatic rings. The summed E-state index contributed by atoms with van der Waals surface area (Å²) < 4.78 is 48.6. The number of hydrogen-bond acceptors (Lipinski definition) is 5. The quantitative estimate of drug-likeness (QED) is 0.800. The standard InChI is InChI=1S/C19H25F3N4O2/c1-3-10-27-17-11-13(4-9-16(17)23)18-24-12(2)25-26(18)14-5-7-15(8-6-14)28-19(20,21)22/h5-8,13,16-17H,3-4,9-11,23H2,1-2H3/t13-,16+,17+/m0/s1. The molecule has 0 aliphatic heterocycles. The Morgan fingerprint density at radius 1 is 1.21 bits per heavy atom. The van der Waals surface area contributed by atoms with Crippen LogP contribution in [0.3, 0.4) is 0 Å². The third-order valence-electron chi connectivity index (χ3n) is 4.80. The first-order valence-corrected chi connectivity index (χ1v) is 9.43. The lowest BCUT2D eigenvalue weighted by Gasteiger charge is -2.33. The highest BCUT2D eigenvalue weighted by Gasteiger charge is 2.33. The van der Waals surface area contributed by atoms with Crippen molar-refractivity contribution in [1.82, 2.24) is 14.8 Å². The number of nitrogens with zero attached hydrogens (tertiary/aromatic N) is 3. The number of benzene rings is 1. The molecule has 154 valence electrons. The highest BCUT2D eigenvalue weighted by atomic mass is 19.4. The molecular weight excluding hydrogens is 373 g/mol. The van der Waals surface area contributed by atoms with Gasteiger partial charge in [0, 0.05) is 18.6 Å². The van der Waals surface area contributed by atoms with E-state index >= 15 is 0 Å². The van der Waals surface area contributed by atoms with Gasteiger partial charge in [0.15, 0.2) is 0 Å². The fraction of sp³-hybridized carbons (Fsp3) is 0.579. The molecule has 1 aromatic carbocycles. The van der Waals surface area contributed by atoms with Crippen molar-refractivity contribution in [2.75, 3.05) is 6.61 Å². The Morgan fingerprint density at radius 3 is 2.57 bits per heavy atom. The maximum atomic E-state index is 12.4. The van der Waals surface area contributed by atoms with Crippen molar-refractivity contribution >= 4 is 0 Å². The van der Waals surface area contributed by atoms with Crippen LogP contribution in [0.2, 0.25) is 0 Å². The van der Waals surface area contributed by atoms with Gasteiger partial charge in [0.2, 0.25) is 0 Å². The maximum Gasteiger partial charge on any atom is 0.573 e. The van der Waals surface area contributed by atoms with E-state index < -0.39 is 6.36 Å². The van der Waals surface area contributed by atoms with Crippen LogP contribution in [-0.2, 0) is 4.74 Å². The van der Waals surface area contributed by atoms with E-state index in [2.05, 4.69) is 21.7 Å². The van der Waals surface area contributed by atoms with Crippen LogP contribution in [-0.4, -0.2) is 39.9 Å². The van der Waals surface area contributed by atoms with E-state index in [0.717, 1.165) is 31.5 Å². The van der Waals surface area contributed by atoms with Crippen molar-refractivity contribution < 1.29 is 22.6 Å². The van der Waals surface area contributed by atoms with E-state index in [9.17, 15) is 13.2 Å². The van der Waals surface area contributed by atoms with Crippen LogP contribution in [0.25, 0.3) is 5.69 Å². The number of alkyl halides is 3. The van der Waals surface area contributed by atoms with Crippen molar-refractivity contribution in [3.8, 4) is 11.4 Å². The molecule has 1 fully saturated rings. The molecule has 1 aromatic heterocycles. The zero-order chi connectivity index (χ0) is 20.3. The van der Waals surface area contributed by atoms with E-state index in [1.165, 1.54) is 12.1 Å². The summed E-state index contributed by atoms with van der Waals surface area (Å²) in [6.07, 6.45) is -1.40. The van der Waals surface area contributed by atoms with Crippen LogP contribution in [0.5, 0.6) is 5.75 Å². The summed E-state index contributed by atoms with van der Waals surface area (Å²) in [5.74, 6) is 1.23. The molecule has 0 radical (unpaired) electrons. The van der Waals surface area contributed by atoms with Gasteiger partial charge >= 0.3 is 6.36 Å².